The average Bonchev–Trinajstić information content (AvgIpc) is 2.79. The van der Waals surface area contributed by atoms with Crippen molar-refractivity contribution in [3.05, 3.63) is 41.9 Å². The van der Waals surface area contributed by atoms with E-state index in [0.717, 1.165) is 18.7 Å². The molecule has 3 N–H and O–H groups in total. The number of carbonyl (C=O) groups excluding carboxylic acids is 1. The first kappa shape index (κ1) is 13.2. The van der Waals surface area contributed by atoms with Gasteiger partial charge in [0.25, 0.3) is 5.91 Å². The summed E-state index contributed by atoms with van der Waals surface area (Å²) in [5.41, 5.74) is 6.86. The van der Waals surface area contributed by atoms with Gasteiger partial charge in [0.15, 0.2) is 0 Å². The predicted octanol–water partition coefficient (Wildman–Crippen LogP) is 1.19. The molecule has 0 saturated carbocycles. The van der Waals surface area contributed by atoms with E-state index in [2.05, 4.69) is 15.4 Å². The van der Waals surface area contributed by atoms with Crippen LogP contribution in [0.3, 0.4) is 0 Å². The van der Waals surface area contributed by atoms with Gasteiger partial charge in [0.1, 0.15) is 5.82 Å². The second kappa shape index (κ2) is 6.10. The molecule has 100 valence electrons. The molecule has 0 unspecified atom stereocenters. The first-order chi connectivity index (χ1) is 9.22. The van der Waals surface area contributed by atoms with Gasteiger partial charge in [-0.15, -0.1) is 0 Å². The normalized spacial score (nSPS) is 10.4. The molecular formula is C13H17N5O. The highest BCUT2D eigenvalue weighted by molar-refractivity contribution is 6.04. The molecule has 2 rings (SSSR count). The number of hydrogen-bond acceptors (Lipinski definition) is 4. The van der Waals surface area contributed by atoms with Crippen molar-refractivity contribution in [2.45, 2.75) is 19.9 Å². The summed E-state index contributed by atoms with van der Waals surface area (Å²) >= 11 is 0. The highest BCUT2D eigenvalue weighted by atomic mass is 16.1. The summed E-state index contributed by atoms with van der Waals surface area (Å²) in [6.07, 6.45) is 4.04. The Hall–Kier alpha value is -2.21. The molecule has 2 aromatic rings. The summed E-state index contributed by atoms with van der Waals surface area (Å²) in [6, 6.07) is 5.36. The SMILES string of the molecule is Cc1c(C(=O)Nc2ccccn2)cnn1CCCN. The first-order valence-corrected chi connectivity index (χ1v) is 6.17. The van der Waals surface area contributed by atoms with Gasteiger partial charge in [-0.25, -0.2) is 4.98 Å². The van der Waals surface area contributed by atoms with Crippen molar-refractivity contribution in [3.63, 3.8) is 0 Å². The maximum Gasteiger partial charge on any atom is 0.260 e. The number of aromatic nitrogens is 3. The highest BCUT2D eigenvalue weighted by Gasteiger charge is 2.14. The number of aryl methyl sites for hydroxylation is 1. The van der Waals surface area contributed by atoms with Crippen molar-refractivity contribution < 1.29 is 4.79 Å². The minimum Gasteiger partial charge on any atom is -0.330 e. The zero-order valence-corrected chi connectivity index (χ0v) is 10.8. The van der Waals surface area contributed by atoms with Crippen LogP contribution >= 0.6 is 0 Å². The average molecular weight is 259 g/mol. The van der Waals surface area contributed by atoms with E-state index in [9.17, 15) is 4.79 Å². The van der Waals surface area contributed by atoms with Crippen LogP contribution in [-0.4, -0.2) is 27.2 Å². The number of hydrogen-bond donors (Lipinski definition) is 2. The predicted molar refractivity (Wildman–Crippen MR) is 72.8 cm³/mol. The molecule has 19 heavy (non-hydrogen) atoms. The molecule has 2 aromatic heterocycles. The van der Waals surface area contributed by atoms with Crippen LogP contribution in [-0.2, 0) is 6.54 Å². The Labute approximate surface area is 111 Å². The Bertz CT molecular complexity index is 549. The molecule has 6 heteroatoms. The van der Waals surface area contributed by atoms with Crippen LogP contribution in [0.2, 0.25) is 0 Å². The number of pyridine rings is 1. The first-order valence-electron chi connectivity index (χ1n) is 6.17. The lowest BCUT2D eigenvalue weighted by molar-refractivity contribution is 0.102. The van der Waals surface area contributed by atoms with Crippen molar-refractivity contribution in [2.75, 3.05) is 11.9 Å². The fourth-order valence-corrected chi connectivity index (χ4v) is 1.76. The molecule has 0 aliphatic rings. The molecule has 2 heterocycles. The van der Waals surface area contributed by atoms with E-state index >= 15 is 0 Å². The van der Waals surface area contributed by atoms with Gasteiger partial charge in [-0.05, 0) is 32.0 Å². The van der Waals surface area contributed by atoms with Crippen molar-refractivity contribution in [2.24, 2.45) is 5.73 Å². The molecule has 0 spiro atoms. The molecule has 0 saturated heterocycles. The number of nitrogens with two attached hydrogens (primary N) is 1. The largest absolute Gasteiger partial charge is 0.330 e. The summed E-state index contributed by atoms with van der Waals surface area (Å²) in [4.78, 5) is 16.1. The van der Waals surface area contributed by atoms with Crippen LogP contribution in [0.1, 0.15) is 22.5 Å². The van der Waals surface area contributed by atoms with Crippen molar-refractivity contribution >= 4 is 11.7 Å². The van der Waals surface area contributed by atoms with Crippen molar-refractivity contribution in [1.29, 1.82) is 0 Å². The third-order valence-electron chi connectivity index (χ3n) is 2.83. The van der Waals surface area contributed by atoms with E-state index in [4.69, 9.17) is 5.73 Å². The maximum absolute atomic E-state index is 12.1. The van der Waals surface area contributed by atoms with E-state index in [1.54, 1.807) is 29.2 Å². The molecule has 0 atom stereocenters. The zero-order chi connectivity index (χ0) is 13.7. The number of nitrogens with one attached hydrogen (secondary N) is 1. The Balaban J connectivity index is 2.09. The van der Waals surface area contributed by atoms with E-state index in [1.807, 2.05) is 13.0 Å². The maximum atomic E-state index is 12.1. The lowest BCUT2D eigenvalue weighted by Gasteiger charge is -2.05. The van der Waals surface area contributed by atoms with Gasteiger partial charge in [0.05, 0.1) is 11.8 Å². The molecule has 6 nitrogen and oxygen atoms in total. The lowest BCUT2D eigenvalue weighted by atomic mass is 10.2. The lowest BCUT2D eigenvalue weighted by Crippen LogP contribution is -2.14. The Morgan fingerprint density at radius 2 is 2.32 bits per heavy atom. The van der Waals surface area contributed by atoms with Crippen LogP contribution in [0.15, 0.2) is 30.6 Å². The summed E-state index contributed by atoms with van der Waals surface area (Å²) in [6.45, 7) is 3.20. The molecule has 0 fully saturated rings. The minimum atomic E-state index is -0.199. The Morgan fingerprint density at radius 1 is 1.47 bits per heavy atom. The molecule has 0 bridgehead atoms. The fraction of sp³-hybridized carbons (Fsp3) is 0.308. The van der Waals surface area contributed by atoms with E-state index in [1.165, 1.54) is 0 Å². The summed E-state index contributed by atoms with van der Waals surface area (Å²) in [7, 11) is 0. The van der Waals surface area contributed by atoms with Gasteiger partial charge in [-0.2, -0.15) is 5.10 Å². The molecule has 0 aliphatic carbocycles. The smallest absolute Gasteiger partial charge is 0.260 e. The van der Waals surface area contributed by atoms with E-state index in [0.29, 0.717) is 17.9 Å². The number of carbonyl (C=O) groups is 1. The van der Waals surface area contributed by atoms with Gasteiger partial charge in [-0.3, -0.25) is 9.48 Å². The minimum absolute atomic E-state index is 0.199. The molecule has 1 amide bonds. The van der Waals surface area contributed by atoms with Crippen LogP contribution in [0.25, 0.3) is 0 Å². The van der Waals surface area contributed by atoms with Crippen molar-refractivity contribution in [3.8, 4) is 0 Å². The van der Waals surface area contributed by atoms with E-state index in [-0.39, 0.29) is 5.91 Å². The quantitative estimate of drug-likeness (QED) is 0.844. The van der Waals surface area contributed by atoms with Crippen LogP contribution < -0.4 is 11.1 Å². The monoisotopic (exact) mass is 259 g/mol. The summed E-state index contributed by atoms with van der Waals surface area (Å²) in [5, 5.41) is 6.94. The van der Waals surface area contributed by atoms with Crippen molar-refractivity contribution in [1.82, 2.24) is 14.8 Å². The number of anilines is 1. The fourth-order valence-electron chi connectivity index (χ4n) is 1.76. The Morgan fingerprint density at radius 3 is 3.00 bits per heavy atom. The summed E-state index contributed by atoms with van der Waals surface area (Å²) < 4.78 is 1.79. The van der Waals surface area contributed by atoms with Crippen LogP contribution in [0, 0.1) is 6.92 Å². The van der Waals surface area contributed by atoms with Crippen LogP contribution in [0.5, 0.6) is 0 Å². The van der Waals surface area contributed by atoms with Gasteiger partial charge in [0.2, 0.25) is 0 Å². The van der Waals surface area contributed by atoms with Gasteiger partial charge < -0.3 is 11.1 Å². The third-order valence-corrected chi connectivity index (χ3v) is 2.83. The second-order valence-electron chi connectivity index (χ2n) is 4.18. The number of nitrogens with zero attached hydrogens (tertiary/aromatic N) is 3. The van der Waals surface area contributed by atoms with Gasteiger partial charge >= 0.3 is 0 Å². The van der Waals surface area contributed by atoms with Gasteiger partial charge in [0, 0.05) is 18.4 Å². The molecule has 0 aromatic carbocycles. The topological polar surface area (TPSA) is 85.8 Å². The van der Waals surface area contributed by atoms with Crippen LogP contribution in [0.4, 0.5) is 5.82 Å². The molecular weight excluding hydrogens is 242 g/mol. The standard InChI is InChI=1S/C13H17N5O/c1-10-11(9-16-18(10)8-4-6-14)13(19)17-12-5-2-3-7-15-12/h2-3,5,7,9H,4,6,8,14H2,1H3,(H,15,17,19). The Kier molecular flexibility index (Phi) is 4.25. The molecule has 0 radical (unpaired) electrons. The third kappa shape index (κ3) is 3.17. The number of amides is 1. The van der Waals surface area contributed by atoms with E-state index < -0.39 is 0 Å². The zero-order valence-electron chi connectivity index (χ0n) is 10.8. The van der Waals surface area contributed by atoms with Gasteiger partial charge in [-0.1, -0.05) is 6.07 Å². The summed E-state index contributed by atoms with van der Waals surface area (Å²) in [5.74, 6) is 0.330. The molecule has 0 aliphatic heterocycles. The second-order valence-corrected chi connectivity index (χ2v) is 4.18. The highest BCUT2D eigenvalue weighted by Crippen LogP contribution is 2.10. The number of rotatable bonds is 5.